The van der Waals surface area contributed by atoms with E-state index in [0.717, 1.165) is 25.9 Å². The van der Waals surface area contributed by atoms with Crippen molar-refractivity contribution in [2.75, 3.05) is 18.4 Å². The third kappa shape index (κ3) is 4.32. The summed E-state index contributed by atoms with van der Waals surface area (Å²) >= 11 is 0. The van der Waals surface area contributed by atoms with Crippen molar-refractivity contribution in [3.05, 3.63) is 48.2 Å². The lowest BCUT2D eigenvalue weighted by Crippen LogP contribution is -2.37. The van der Waals surface area contributed by atoms with Gasteiger partial charge >= 0.3 is 0 Å². The van der Waals surface area contributed by atoms with Crippen molar-refractivity contribution in [1.29, 1.82) is 0 Å². The zero-order valence-electron chi connectivity index (χ0n) is 12.4. The van der Waals surface area contributed by atoms with Crippen LogP contribution in [-0.4, -0.2) is 28.8 Å². The zero-order valence-corrected chi connectivity index (χ0v) is 13.2. The average molecular weight is 321 g/mol. The van der Waals surface area contributed by atoms with E-state index in [1.807, 2.05) is 35.1 Å². The van der Waals surface area contributed by atoms with Gasteiger partial charge in [-0.3, -0.25) is 9.48 Å². The Morgan fingerprint density at radius 1 is 1.32 bits per heavy atom. The second-order valence-corrected chi connectivity index (χ2v) is 5.42. The largest absolute Gasteiger partial charge is 0.316 e. The van der Waals surface area contributed by atoms with E-state index in [0.29, 0.717) is 12.4 Å². The van der Waals surface area contributed by atoms with Crippen molar-refractivity contribution in [3.63, 3.8) is 0 Å². The second kappa shape index (κ2) is 7.96. The summed E-state index contributed by atoms with van der Waals surface area (Å²) in [6.07, 6.45) is 3.89. The maximum Gasteiger partial charge on any atom is 0.229 e. The molecule has 5 nitrogen and oxygen atoms in total. The van der Waals surface area contributed by atoms with Gasteiger partial charge in [0.25, 0.3) is 0 Å². The van der Waals surface area contributed by atoms with E-state index in [1.54, 1.807) is 0 Å². The molecule has 2 aromatic rings. The summed E-state index contributed by atoms with van der Waals surface area (Å²) in [6, 6.07) is 12.0. The first-order valence-electron chi connectivity index (χ1n) is 7.40. The smallest absolute Gasteiger partial charge is 0.229 e. The molecule has 0 bridgehead atoms. The van der Waals surface area contributed by atoms with Crippen molar-refractivity contribution in [2.24, 2.45) is 5.92 Å². The fraction of sp³-hybridized carbons (Fsp3) is 0.375. The molecular formula is C16H21ClN4O. The number of hydrogen-bond donors (Lipinski definition) is 2. The molecule has 2 heterocycles. The SMILES string of the molecule is Cl.O=C(Nc1ccn(Cc2ccccc2)n1)C1CCCNC1. The molecule has 1 aliphatic rings. The molecule has 1 aromatic heterocycles. The first-order chi connectivity index (χ1) is 10.3. The van der Waals surface area contributed by atoms with E-state index in [1.165, 1.54) is 5.56 Å². The topological polar surface area (TPSA) is 59.0 Å². The molecule has 3 rings (SSSR count). The fourth-order valence-corrected chi connectivity index (χ4v) is 2.59. The molecule has 1 fully saturated rings. The number of nitrogens with zero attached hydrogens (tertiary/aromatic N) is 2. The Kier molecular flexibility index (Phi) is 5.98. The van der Waals surface area contributed by atoms with Gasteiger partial charge in [0.05, 0.1) is 12.5 Å². The van der Waals surface area contributed by atoms with Crippen LogP contribution >= 0.6 is 12.4 Å². The molecule has 1 aromatic carbocycles. The Bertz CT molecular complexity index is 593. The number of halogens is 1. The van der Waals surface area contributed by atoms with Crippen LogP contribution in [0.3, 0.4) is 0 Å². The van der Waals surface area contributed by atoms with E-state index >= 15 is 0 Å². The molecule has 0 saturated carbocycles. The van der Waals surface area contributed by atoms with Crippen LogP contribution < -0.4 is 10.6 Å². The Morgan fingerprint density at radius 3 is 2.86 bits per heavy atom. The minimum Gasteiger partial charge on any atom is -0.316 e. The molecule has 1 aliphatic heterocycles. The van der Waals surface area contributed by atoms with Crippen molar-refractivity contribution in [2.45, 2.75) is 19.4 Å². The van der Waals surface area contributed by atoms with Gasteiger partial charge < -0.3 is 10.6 Å². The highest BCUT2D eigenvalue weighted by Crippen LogP contribution is 2.13. The maximum atomic E-state index is 12.1. The Morgan fingerprint density at radius 2 is 2.14 bits per heavy atom. The zero-order chi connectivity index (χ0) is 14.5. The lowest BCUT2D eigenvalue weighted by Gasteiger charge is -2.21. The highest BCUT2D eigenvalue weighted by molar-refractivity contribution is 5.91. The molecule has 1 amide bonds. The van der Waals surface area contributed by atoms with E-state index in [4.69, 9.17) is 0 Å². The number of piperidine rings is 1. The van der Waals surface area contributed by atoms with Gasteiger partial charge in [-0.05, 0) is 24.9 Å². The normalized spacial score (nSPS) is 17.5. The first kappa shape index (κ1) is 16.5. The lowest BCUT2D eigenvalue weighted by atomic mass is 9.99. The van der Waals surface area contributed by atoms with Crippen LogP contribution in [0.5, 0.6) is 0 Å². The maximum absolute atomic E-state index is 12.1. The van der Waals surface area contributed by atoms with Gasteiger partial charge in [0, 0.05) is 18.8 Å². The Balaban J connectivity index is 0.00000176. The third-order valence-electron chi connectivity index (χ3n) is 3.75. The van der Waals surface area contributed by atoms with Crippen LogP contribution in [0.4, 0.5) is 5.82 Å². The van der Waals surface area contributed by atoms with Gasteiger partial charge in [-0.15, -0.1) is 12.4 Å². The molecule has 118 valence electrons. The molecule has 0 spiro atoms. The summed E-state index contributed by atoms with van der Waals surface area (Å²) in [5, 5.41) is 10.6. The van der Waals surface area contributed by atoms with Crippen LogP contribution in [0.25, 0.3) is 0 Å². The number of anilines is 1. The van der Waals surface area contributed by atoms with E-state index in [9.17, 15) is 4.79 Å². The third-order valence-corrected chi connectivity index (χ3v) is 3.75. The predicted molar refractivity (Wildman–Crippen MR) is 89.2 cm³/mol. The Labute approximate surface area is 136 Å². The van der Waals surface area contributed by atoms with Crippen LogP contribution in [0.2, 0.25) is 0 Å². The molecule has 2 N–H and O–H groups in total. The van der Waals surface area contributed by atoms with Crippen LogP contribution in [0.15, 0.2) is 42.6 Å². The number of hydrogen-bond acceptors (Lipinski definition) is 3. The number of rotatable bonds is 4. The monoisotopic (exact) mass is 320 g/mol. The molecule has 1 saturated heterocycles. The number of benzene rings is 1. The number of amides is 1. The summed E-state index contributed by atoms with van der Waals surface area (Å²) in [5.41, 5.74) is 1.19. The first-order valence-corrected chi connectivity index (χ1v) is 7.40. The molecular weight excluding hydrogens is 300 g/mol. The van der Waals surface area contributed by atoms with Crippen molar-refractivity contribution in [3.8, 4) is 0 Å². The van der Waals surface area contributed by atoms with Crippen LogP contribution in [-0.2, 0) is 11.3 Å². The van der Waals surface area contributed by atoms with E-state index < -0.39 is 0 Å². The van der Waals surface area contributed by atoms with Gasteiger partial charge in [-0.1, -0.05) is 30.3 Å². The quantitative estimate of drug-likeness (QED) is 0.908. The molecule has 22 heavy (non-hydrogen) atoms. The minimum atomic E-state index is 0. The lowest BCUT2D eigenvalue weighted by molar-refractivity contribution is -0.120. The van der Waals surface area contributed by atoms with Crippen molar-refractivity contribution < 1.29 is 4.79 Å². The number of aromatic nitrogens is 2. The van der Waals surface area contributed by atoms with Gasteiger partial charge in [-0.2, -0.15) is 5.10 Å². The summed E-state index contributed by atoms with van der Waals surface area (Å²) in [7, 11) is 0. The van der Waals surface area contributed by atoms with Gasteiger partial charge in [0.15, 0.2) is 5.82 Å². The molecule has 0 aliphatic carbocycles. The summed E-state index contributed by atoms with van der Waals surface area (Å²) in [4.78, 5) is 12.1. The van der Waals surface area contributed by atoms with Crippen LogP contribution in [0.1, 0.15) is 18.4 Å². The number of nitrogens with one attached hydrogen (secondary N) is 2. The van der Waals surface area contributed by atoms with Crippen molar-refractivity contribution >= 4 is 24.1 Å². The standard InChI is InChI=1S/C16H20N4O.ClH/c21-16(14-7-4-9-17-11-14)18-15-8-10-20(19-15)12-13-5-2-1-3-6-13;/h1-3,5-6,8,10,14,17H,4,7,9,11-12H2,(H,18,19,21);1H. The van der Waals surface area contributed by atoms with Crippen LogP contribution in [0, 0.1) is 5.92 Å². The number of carbonyl (C=O) groups excluding carboxylic acids is 1. The summed E-state index contributed by atoms with van der Waals surface area (Å²) in [6.45, 7) is 2.48. The molecule has 0 radical (unpaired) electrons. The summed E-state index contributed by atoms with van der Waals surface area (Å²) < 4.78 is 1.84. The van der Waals surface area contributed by atoms with E-state index in [2.05, 4.69) is 27.9 Å². The highest BCUT2D eigenvalue weighted by Gasteiger charge is 2.21. The predicted octanol–water partition coefficient (Wildman–Crippen LogP) is 2.29. The fourth-order valence-electron chi connectivity index (χ4n) is 2.59. The van der Waals surface area contributed by atoms with E-state index in [-0.39, 0.29) is 24.2 Å². The minimum absolute atomic E-state index is 0. The number of carbonyl (C=O) groups is 1. The Hall–Kier alpha value is -1.85. The van der Waals surface area contributed by atoms with Crippen molar-refractivity contribution in [1.82, 2.24) is 15.1 Å². The molecule has 6 heteroatoms. The van der Waals surface area contributed by atoms with Gasteiger partial charge in [-0.25, -0.2) is 0 Å². The van der Waals surface area contributed by atoms with Gasteiger partial charge in [0.2, 0.25) is 5.91 Å². The molecule has 1 unspecified atom stereocenters. The highest BCUT2D eigenvalue weighted by atomic mass is 35.5. The van der Waals surface area contributed by atoms with Gasteiger partial charge in [0.1, 0.15) is 0 Å². The average Bonchev–Trinajstić information content (AvgIpc) is 2.96. The second-order valence-electron chi connectivity index (χ2n) is 5.42. The molecule has 1 atom stereocenters. The summed E-state index contributed by atoms with van der Waals surface area (Å²) in [5.74, 6) is 0.742.